The number of carbonyl (C=O) groups is 2. The van der Waals surface area contributed by atoms with E-state index in [4.69, 9.17) is 10.2 Å². The quantitative estimate of drug-likeness (QED) is 0.647. The monoisotopic (exact) mass is 321 g/mol. The average molecular weight is 321 g/mol. The van der Waals surface area contributed by atoms with Crippen LogP contribution in [0.15, 0.2) is 24.3 Å². The molecule has 1 unspecified atom stereocenters. The molecule has 0 fully saturated rings. The number of likely N-dealkylation sites (N-methyl/N-ethyl adjacent to an activating group) is 1. The smallest absolute Gasteiger partial charge is 0.304 e. The largest absolute Gasteiger partial charge is 0.481 e. The third-order valence-electron chi connectivity index (χ3n) is 4.00. The molecule has 0 bridgehead atoms. The van der Waals surface area contributed by atoms with Crippen molar-refractivity contribution in [1.29, 1.82) is 0 Å². The number of carbonyl (C=O) groups excluding carboxylic acids is 1. The van der Waals surface area contributed by atoms with Crippen molar-refractivity contribution < 1.29 is 19.8 Å². The first-order chi connectivity index (χ1) is 10.9. The molecule has 5 heteroatoms. The van der Waals surface area contributed by atoms with Gasteiger partial charge in [-0.25, -0.2) is 0 Å². The third-order valence-corrected chi connectivity index (χ3v) is 4.00. The van der Waals surface area contributed by atoms with Crippen molar-refractivity contribution in [3.05, 3.63) is 35.4 Å². The van der Waals surface area contributed by atoms with Crippen LogP contribution in [0, 0.1) is 5.92 Å². The highest BCUT2D eigenvalue weighted by molar-refractivity contribution is 5.99. The Hall–Kier alpha value is -1.72. The first-order valence-corrected chi connectivity index (χ1v) is 8.08. The lowest BCUT2D eigenvalue weighted by Gasteiger charge is -2.24. The number of rotatable bonds is 10. The first-order valence-electron chi connectivity index (χ1n) is 8.08. The molecular formula is C18H27NO4. The number of carboxylic acid groups (broad SMARTS) is 1. The molecule has 23 heavy (non-hydrogen) atoms. The second-order valence-corrected chi connectivity index (χ2v) is 6.05. The number of Topliss-reactive ketones (excluding diaryl/α,β-unsaturated/α-hetero) is 1. The Morgan fingerprint density at radius 3 is 2.22 bits per heavy atom. The number of benzene rings is 1. The van der Waals surface area contributed by atoms with Crippen LogP contribution in [-0.4, -0.2) is 53.1 Å². The fourth-order valence-electron chi connectivity index (χ4n) is 2.55. The lowest BCUT2D eigenvalue weighted by molar-refractivity contribution is -0.137. The predicted molar refractivity (Wildman–Crippen MR) is 89.8 cm³/mol. The molecule has 2 N–H and O–H groups in total. The fourth-order valence-corrected chi connectivity index (χ4v) is 2.55. The summed E-state index contributed by atoms with van der Waals surface area (Å²) < 4.78 is 0. The zero-order valence-electron chi connectivity index (χ0n) is 14.2. The number of nitrogens with zero attached hydrogens (tertiary/aromatic N) is 1. The number of carboxylic acids is 1. The van der Waals surface area contributed by atoms with Gasteiger partial charge >= 0.3 is 5.97 Å². The van der Waals surface area contributed by atoms with Crippen LogP contribution in [0.5, 0.6) is 0 Å². The molecule has 1 rings (SSSR count). The highest BCUT2D eigenvalue weighted by Gasteiger charge is 2.25. The van der Waals surface area contributed by atoms with E-state index in [1.165, 1.54) is 0 Å². The van der Waals surface area contributed by atoms with Gasteiger partial charge in [0.15, 0.2) is 5.78 Å². The molecule has 1 aromatic rings. The third kappa shape index (κ3) is 6.12. The predicted octanol–water partition coefficient (Wildman–Crippen LogP) is 2.40. The second-order valence-electron chi connectivity index (χ2n) is 6.05. The van der Waals surface area contributed by atoms with Gasteiger partial charge < -0.3 is 15.1 Å². The molecular weight excluding hydrogens is 294 g/mol. The Morgan fingerprint density at radius 2 is 1.78 bits per heavy atom. The standard InChI is InChI=1S/C18H27NO4/c1-4-19(9-10-20)12-16(11-17(21)22)18(23)15-7-5-14(6-8-15)13(2)3/h5-8,13,16,20H,4,9-12H2,1-3H3,(H,21,22). The maximum Gasteiger partial charge on any atom is 0.304 e. The number of ketones is 1. The van der Waals surface area contributed by atoms with E-state index in [1.807, 2.05) is 24.0 Å². The van der Waals surface area contributed by atoms with Crippen LogP contribution in [0.1, 0.15) is 49.0 Å². The lowest BCUT2D eigenvalue weighted by Crippen LogP contribution is -2.36. The Morgan fingerprint density at radius 1 is 1.17 bits per heavy atom. The summed E-state index contributed by atoms with van der Waals surface area (Å²) >= 11 is 0. The molecule has 5 nitrogen and oxygen atoms in total. The second kappa shape index (κ2) is 9.43. The summed E-state index contributed by atoms with van der Waals surface area (Å²) in [5, 5.41) is 18.1. The summed E-state index contributed by atoms with van der Waals surface area (Å²) in [6.45, 7) is 7.52. The van der Waals surface area contributed by atoms with E-state index in [0.29, 0.717) is 31.1 Å². The zero-order chi connectivity index (χ0) is 17.4. The highest BCUT2D eigenvalue weighted by atomic mass is 16.4. The van der Waals surface area contributed by atoms with Gasteiger partial charge in [-0.2, -0.15) is 0 Å². The van der Waals surface area contributed by atoms with Crippen LogP contribution >= 0.6 is 0 Å². The van der Waals surface area contributed by atoms with Crippen molar-refractivity contribution in [2.45, 2.75) is 33.1 Å². The van der Waals surface area contributed by atoms with Crippen LogP contribution in [-0.2, 0) is 4.79 Å². The van der Waals surface area contributed by atoms with E-state index in [9.17, 15) is 9.59 Å². The molecule has 0 aliphatic heterocycles. The molecule has 1 atom stereocenters. The van der Waals surface area contributed by atoms with Crippen molar-refractivity contribution in [2.24, 2.45) is 5.92 Å². The highest BCUT2D eigenvalue weighted by Crippen LogP contribution is 2.19. The zero-order valence-corrected chi connectivity index (χ0v) is 14.2. The normalized spacial score (nSPS) is 12.6. The summed E-state index contributed by atoms with van der Waals surface area (Å²) in [5.74, 6) is -1.36. The van der Waals surface area contributed by atoms with Crippen LogP contribution < -0.4 is 0 Å². The Bertz CT molecular complexity index is 510. The topological polar surface area (TPSA) is 77.8 Å². The fraction of sp³-hybridized carbons (Fsp3) is 0.556. The van der Waals surface area contributed by atoms with Gasteiger partial charge in [-0.1, -0.05) is 45.0 Å². The van der Waals surface area contributed by atoms with Crippen LogP contribution in [0.3, 0.4) is 0 Å². The number of hydrogen-bond donors (Lipinski definition) is 2. The molecule has 0 spiro atoms. The van der Waals surface area contributed by atoms with Crippen LogP contribution in [0.2, 0.25) is 0 Å². The van der Waals surface area contributed by atoms with Crippen molar-refractivity contribution in [3.63, 3.8) is 0 Å². The lowest BCUT2D eigenvalue weighted by atomic mass is 9.92. The van der Waals surface area contributed by atoms with Gasteiger partial charge in [0.2, 0.25) is 0 Å². The van der Waals surface area contributed by atoms with E-state index in [0.717, 1.165) is 5.56 Å². The van der Waals surface area contributed by atoms with Gasteiger partial charge in [-0.05, 0) is 18.0 Å². The van der Waals surface area contributed by atoms with E-state index >= 15 is 0 Å². The summed E-state index contributed by atoms with van der Waals surface area (Å²) in [4.78, 5) is 25.7. The van der Waals surface area contributed by atoms with E-state index in [1.54, 1.807) is 12.1 Å². The minimum absolute atomic E-state index is 0.00902. The molecule has 0 saturated heterocycles. The van der Waals surface area contributed by atoms with Crippen molar-refractivity contribution in [3.8, 4) is 0 Å². The molecule has 0 aliphatic carbocycles. The maximum absolute atomic E-state index is 12.7. The Kier molecular flexibility index (Phi) is 7.92. The number of aliphatic hydroxyl groups excluding tert-OH is 1. The molecule has 0 radical (unpaired) electrons. The Balaban J connectivity index is 2.91. The SMILES string of the molecule is CCN(CCO)CC(CC(=O)O)C(=O)c1ccc(C(C)C)cc1. The molecule has 128 valence electrons. The minimum atomic E-state index is -0.984. The van der Waals surface area contributed by atoms with Crippen LogP contribution in [0.4, 0.5) is 0 Å². The molecule has 0 aromatic heterocycles. The summed E-state index contributed by atoms with van der Waals surface area (Å²) in [6, 6.07) is 7.38. The molecule has 0 saturated carbocycles. The van der Waals surface area contributed by atoms with Crippen molar-refractivity contribution in [2.75, 3.05) is 26.2 Å². The van der Waals surface area contributed by atoms with Gasteiger partial charge in [0.05, 0.1) is 13.0 Å². The molecule has 0 amide bonds. The Labute approximate surface area is 137 Å². The number of hydrogen-bond acceptors (Lipinski definition) is 4. The van der Waals surface area contributed by atoms with E-state index in [2.05, 4.69) is 13.8 Å². The summed E-state index contributed by atoms with van der Waals surface area (Å²) in [6.07, 6.45) is -0.202. The average Bonchev–Trinajstić information content (AvgIpc) is 2.52. The van der Waals surface area contributed by atoms with Gasteiger partial charge in [0, 0.05) is 24.6 Å². The molecule has 0 aliphatic rings. The van der Waals surface area contributed by atoms with Gasteiger partial charge in [0.1, 0.15) is 0 Å². The number of aliphatic hydroxyl groups is 1. The van der Waals surface area contributed by atoms with Crippen molar-refractivity contribution in [1.82, 2.24) is 4.90 Å². The summed E-state index contributed by atoms with van der Waals surface area (Å²) in [7, 11) is 0. The minimum Gasteiger partial charge on any atom is -0.481 e. The van der Waals surface area contributed by atoms with E-state index in [-0.39, 0.29) is 18.8 Å². The van der Waals surface area contributed by atoms with Gasteiger partial charge in [-0.3, -0.25) is 9.59 Å². The van der Waals surface area contributed by atoms with Crippen LogP contribution in [0.25, 0.3) is 0 Å². The van der Waals surface area contributed by atoms with E-state index < -0.39 is 11.9 Å². The maximum atomic E-state index is 12.7. The first kappa shape index (κ1) is 19.3. The molecule has 0 heterocycles. The number of aliphatic carboxylic acids is 1. The molecule has 1 aromatic carbocycles. The van der Waals surface area contributed by atoms with Gasteiger partial charge in [-0.15, -0.1) is 0 Å². The van der Waals surface area contributed by atoms with Gasteiger partial charge in [0.25, 0.3) is 0 Å². The van der Waals surface area contributed by atoms with Crippen molar-refractivity contribution >= 4 is 11.8 Å². The summed E-state index contributed by atoms with van der Waals surface area (Å²) in [5.41, 5.74) is 1.69.